The molecule has 0 amide bonds. The molecule has 110 valence electrons. The Morgan fingerprint density at radius 3 is 2.52 bits per heavy atom. The number of nitrogens with two attached hydrogens (primary N) is 1. The smallest absolute Gasteiger partial charge is 0.119 e. The van der Waals surface area contributed by atoms with Gasteiger partial charge in [0.05, 0.1) is 6.10 Å². The molecule has 1 aliphatic rings. The van der Waals surface area contributed by atoms with Gasteiger partial charge in [0.15, 0.2) is 0 Å². The molecule has 1 atom stereocenters. The molecule has 0 aromatic heterocycles. The van der Waals surface area contributed by atoms with Crippen LogP contribution >= 0.6 is 11.8 Å². The first-order valence-electron chi connectivity index (χ1n) is 7.43. The lowest BCUT2D eigenvalue weighted by molar-refractivity contribution is 0.303. The van der Waals surface area contributed by atoms with Gasteiger partial charge in [-0.15, -0.1) is 11.8 Å². The number of thioether (sulfide) groups is 1. The minimum absolute atomic E-state index is 0.0459. The fourth-order valence-electron chi connectivity index (χ4n) is 2.17. The van der Waals surface area contributed by atoms with Gasteiger partial charge in [0.1, 0.15) is 5.75 Å². The first-order chi connectivity index (χ1) is 10.2. The average molecular weight is 299 g/mol. The zero-order valence-electron chi connectivity index (χ0n) is 12.3. The molecule has 1 saturated carbocycles. The van der Waals surface area contributed by atoms with Gasteiger partial charge in [0, 0.05) is 16.7 Å². The quantitative estimate of drug-likeness (QED) is 0.806. The standard InChI is InChI=1S/C18H21NOS/c1-13-4-2-3-5-18(13)21-12-17(19)14-6-8-15(9-7-14)20-16-10-11-16/h2-9,16-17H,10-12,19H2,1H3. The number of ether oxygens (including phenoxy) is 1. The molecule has 0 aliphatic heterocycles. The van der Waals surface area contributed by atoms with Crippen molar-refractivity contribution in [2.45, 2.75) is 36.8 Å². The van der Waals surface area contributed by atoms with Crippen LogP contribution in [0.25, 0.3) is 0 Å². The van der Waals surface area contributed by atoms with E-state index in [9.17, 15) is 0 Å². The van der Waals surface area contributed by atoms with Crippen LogP contribution in [-0.4, -0.2) is 11.9 Å². The molecule has 2 aromatic rings. The van der Waals surface area contributed by atoms with Crippen molar-refractivity contribution in [3.05, 3.63) is 59.7 Å². The second-order valence-corrected chi connectivity index (χ2v) is 6.63. The number of benzene rings is 2. The second-order valence-electron chi connectivity index (χ2n) is 5.57. The first kappa shape index (κ1) is 14.5. The molecule has 0 saturated heterocycles. The molecule has 1 aliphatic carbocycles. The summed E-state index contributed by atoms with van der Waals surface area (Å²) in [6.45, 7) is 2.14. The van der Waals surface area contributed by atoms with Crippen molar-refractivity contribution < 1.29 is 4.74 Å². The van der Waals surface area contributed by atoms with E-state index in [0.717, 1.165) is 11.5 Å². The fraction of sp³-hybridized carbons (Fsp3) is 0.333. The second kappa shape index (κ2) is 6.54. The molecule has 0 bridgehead atoms. The van der Waals surface area contributed by atoms with E-state index in [2.05, 4.69) is 43.3 Å². The first-order valence-corrected chi connectivity index (χ1v) is 8.41. The van der Waals surface area contributed by atoms with Crippen LogP contribution in [0.15, 0.2) is 53.4 Å². The Labute approximate surface area is 130 Å². The highest BCUT2D eigenvalue weighted by atomic mass is 32.2. The maximum Gasteiger partial charge on any atom is 0.119 e. The largest absolute Gasteiger partial charge is 0.490 e. The van der Waals surface area contributed by atoms with Gasteiger partial charge in [-0.1, -0.05) is 30.3 Å². The molecule has 0 heterocycles. The lowest BCUT2D eigenvalue weighted by atomic mass is 10.1. The highest BCUT2D eigenvalue weighted by Crippen LogP contribution is 2.29. The van der Waals surface area contributed by atoms with E-state index in [-0.39, 0.29) is 6.04 Å². The van der Waals surface area contributed by atoms with E-state index >= 15 is 0 Å². The Kier molecular flexibility index (Phi) is 4.51. The summed E-state index contributed by atoms with van der Waals surface area (Å²) in [4.78, 5) is 1.31. The molecular formula is C18H21NOS. The van der Waals surface area contributed by atoms with E-state index < -0.39 is 0 Å². The summed E-state index contributed by atoms with van der Waals surface area (Å²) >= 11 is 1.82. The lowest BCUT2D eigenvalue weighted by Gasteiger charge is -2.13. The summed E-state index contributed by atoms with van der Waals surface area (Å²) in [5.74, 6) is 1.84. The normalized spacial score (nSPS) is 15.7. The highest BCUT2D eigenvalue weighted by molar-refractivity contribution is 7.99. The average Bonchev–Trinajstić information content (AvgIpc) is 3.31. The predicted molar refractivity (Wildman–Crippen MR) is 88.9 cm³/mol. The SMILES string of the molecule is Cc1ccccc1SCC(N)c1ccc(OC2CC2)cc1. The third-order valence-corrected chi connectivity index (χ3v) is 4.94. The van der Waals surface area contributed by atoms with Crippen LogP contribution in [0, 0.1) is 6.92 Å². The van der Waals surface area contributed by atoms with Gasteiger partial charge in [-0.2, -0.15) is 0 Å². The zero-order chi connectivity index (χ0) is 14.7. The summed E-state index contributed by atoms with van der Waals surface area (Å²) < 4.78 is 5.76. The van der Waals surface area contributed by atoms with Gasteiger partial charge in [-0.25, -0.2) is 0 Å². The van der Waals surface area contributed by atoms with Gasteiger partial charge in [-0.3, -0.25) is 0 Å². The summed E-state index contributed by atoms with van der Waals surface area (Å²) in [5, 5.41) is 0. The van der Waals surface area contributed by atoms with Gasteiger partial charge >= 0.3 is 0 Å². The van der Waals surface area contributed by atoms with Crippen molar-refractivity contribution >= 4 is 11.8 Å². The molecule has 21 heavy (non-hydrogen) atoms. The zero-order valence-corrected chi connectivity index (χ0v) is 13.1. The van der Waals surface area contributed by atoms with Crippen molar-refractivity contribution in [1.29, 1.82) is 0 Å². The minimum atomic E-state index is 0.0459. The Hall–Kier alpha value is -1.45. The number of aryl methyl sites for hydroxylation is 1. The Morgan fingerprint density at radius 2 is 1.86 bits per heavy atom. The number of rotatable bonds is 6. The minimum Gasteiger partial charge on any atom is -0.490 e. The van der Waals surface area contributed by atoms with Crippen molar-refractivity contribution in [3.8, 4) is 5.75 Å². The van der Waals surface area contributed by atoms with E-state index in [1.54, 1.807) is 0 Å². The van der Waals surface area contributed by atoms with Crippen LogP contribution in [0.1, 0.15) is 30.0 Å². The van der Waals surface area contributed by atoms with Crippen LogP contribution < -0.4 is 10.5 Å². The summed E-state index contributed by atoms with van der Waals surface area (Å²) in [7, 11) is 0. The van der Waals surface area contributed by atoms with Crippen molar-refractivity contribution in [2.75, 3.05) is 5.75 Å². The van der Waals surface area contributed by atoms with Crippen LogP contribution in [0.5, 0.6) is 5.75 Å². The molecule has 3 heteroatoms. The van der Waals surface area contributed by atoms with E-state index in [0.29, 0.717) is 6.10 Å². The lowest BCUT2D eigenvalue weighted by Crippen LogP contribution is -2.13. The summed E-state index contributed by atoms with van der Waals surface area (Å²) in [6, 6.07) is 16.7. The molecule has 0 radical (unpaired) electrons. The van der Waals surface area contributed by atoms with Crippen molar-refractivity contribution in [1.82, 2.24) is 0 Å². The molecule has 1 fully saturated rings. The molecule has 3 rings (SSSR count). The van der Waals surface area contributed by atoms with Gasteiger partial charge < -0.3 is 10.5 Å². The van der Waals surface area contributed by atoms with Crippen LogP contribution in [0.2, 0.25) is 0 Å². The van der Waals surface area contributed by atoms with Crippen LogP contribution in [0.3, 0.4) is 0 Å². The summed E-state index contributed by atoms with van der Waals surface area (Å²) in [5.41, 5.74) is 8.77. The van der Waals surface area contributed by atoms with E-state index in [1.165, 1.54) is 28.9 Å². The number of hydrogen-bond donors (Lipinski definition) is 1. The molecule has 1 unspecified atom stereocenters. The molecule has 2 aromatic carbocycles. The van der Waals surface area contributed by atoms with Crippen molar-refractivity contribution in [2.24, 2.45) is 5.73 Å². The maximum atomic E-state index is 6.29. The highest BCUT2D eigenvalue weighted by Gasteiger charge is 2.23. The van der Waals surface area contributed by atoms with Gasteiger partial charge in [0.2, 0.25) is 0 Å². The van der Waals surface area contributed by atoms with E-state index in [1.807, 2.05) is 23.9 Å². The Morgan fingerprint density at radius 1 is 1.14 bits per heavy atom. The van der Waals surface area contributed by atoms with Crippen LogP contribution in [0.4, 0.5) is 0 Å². The topological polar surface area (TPSA) is 35.2 Å². The van der Waals surface area contributed by atoms with Crippen LogP contribution in [-0.2, 0) is 0 Å². The van der Waals surface area contributed by atoms with E-state index in [4.69, 9.17) is 10.5 Å². The molecule has 2 nitrogen and oxygen atoms in total. The summed E-state index contributed by atoms with van der Waals surface area (Å²) in [6.07, 6.45) is 2.82. The third kappa shape index (κ3) is 4.02. The molecule has 0 spiro atoms. The molecule has 2 N–H and O–H groups in total. The van der Waals surface area contributed by atoms with Crippen molar-refractivity contribution in [3.63, 3.8) is 0 Å². The maximum absolute atomic E-state index is 6.29. The third-order valence-electron chi connectivity index (χ3n) is 3.65. The van der Waals surface area contributed by atoms with Gasteiger partial charge in [-0.05, 0) is 49.1 Å². The van der Waals surface area contributed by atoms with Gasteiger partial charge in [0.25, 0.3) is 0 Å². The Bertz CT molecular complexity index is 592. The predicted octanol–water partition coefficient (Wildman–Crippen LogP) is 4.33. The number of hydrogen-bond acceptors (Lipinski definition) is 3. The molecular weight excluding hydrogens is 278 g/mol. The Balaban J connectivity index is 1.57. The fourth-order valence-corrected chi connectivity index (χ4v) is 3.19. The monoisotopic (exact) mass is 299 g/mol.